The van der Waals surface area contributed by atoms with E-state index in [1.165, 1.54) is 17.5 Å². The summed E-state index contributed by atoms with van der Waals surface area (Å²) in [7, 11) is 0. The number of hydrogen-bond donors (Lipinski definition) is 2. The Bertz CT molecular complexity index is 756. The summed E-state index contributed by atoms with van der Waals surface area (Å²) in [6.07, 6.45) is 5.26. The zero-order chi connectivity index (χ0) is 20.6. The smallest absolute Gasteiger partial charge is 0.269 e. The maximum atomic E-state index is 12.6. The first-order valence-corrected chi connectivity index (χ1v) is 10.7. The van der Waals surface area contributed by atoms with E-state index in [2.05, 4.69) is 63.4 Å². The standard InChI is InChI=1S/C23H33N5O/c1-4-25-22(27-20-10-7-11-20)12-21(24-3)23(29)26-13-17(2)14-28-15-18-8-5-6-9-19(18)16-28/h5-6,8-9,12,17,20H,3-4,7,10-11,13-16H2,1-2H3,(H,25,27)(H,26,29)/b21-12-. The Morgan fingerprint density at radius 1 is 1.31 bits per heavy atom. The van der Waals surface area contributed by atoms with Crippen LogP contribution in [0.1, 0.15) is 44.2 Å². The van der Waals surface area contributed by atoms with Gasteiger partial charge in [0.15, 0.2) is 0 Å². The Balaban J connectivity index is 1.48. The summed E-state index contributed by atoms with van der Waals surface area (Å²) in [5.41, 5.74) is 3.13. The van der Waals surface area contributed by atoms with Crippen LogP contribution in [-0.4, -0.2) is 49.0 Å². The average Bonchev–Trinajstić information content (AvgIpc) is 3.08. The van der Waals surface area contributed by atoms with Crippen LogP contribution < -0.4 is 10.6 Å². The number of benzene rings is 1. The van der Waals surface area contributed by atoms with Gasteiger partial charge in [-0.25, -0.2) is 0 Å². The minimum atomic E-state index is -0.198. The van der Waals surface area contributed by atoms with E-state index in [4.69, 9.17) is 0 Å². The molecule has 29 heavy (non-hydrogen) atoms. The van der Waals surface area contributed by atoms with Crippen molar-refractivity contribution in [3.05, 3.63) is 47.2 Å². The fourth-order valence-corrected chi connectivity index (χ4v) is 3.77. The summed E-state index contributed by atoms with van der Waals surface area (Å²) in [4.78, 5) is 23.4. The number of fused-ring (bicyclic) bond motifs is 1. The van der Waals surface area contributed by atoms with E-state index >= 15 is 0 Å². The maximum Gasteiger partial charge on any atom is 0.269 e. The lowest BCUT2D eigenvalue weighted by atomic mass is 9.93. The highest BCUT2D eigenvalue weighted by atomic mass is 16.2. The molecular formula is C23H33N5O. The van der Waals surface area contributed by atoms with E-state index in [0.29, 0.717) is 30.7 Å². The van der Waals surface area contributed by atoms with E-state index in [1.807, 2.05) is 6.92 Å². The number of amidine groups is 1. The third-order valence-electron chi connectivity index (χ3n) is 5.55. The lowest BCUT2D eigenvalue weighted by Gasteiger charge is -2.27. The average molecular weight is 396 g/mol. The minimum absolute atomic E-state index is 0.198. The largest absolute Gasteiger partial charge is 0.368 e. The van der Waals surface area contributed by atoms with Crippen molar-refractivity contribution in [2.75, 3.05) is 19.6 Å². The summed E-state index contributed by atoms with van der Waals surface area (Å²) in [5, 5.41) is 6.40. The van der Waals surface area contributed by atoms with Gasteiger partial charge < -0.3 is 10.6 Å². The highest BCUT2D eigenvalue weighted by Crippen LogP contribution is 2.22. The second kappa shape index (κ2) is 10.3. The van der Waals surface area contributed by atoms with Crippen LogP contribution in [0.25, 0.3) is 0 Å². The van der Waals surface area contributed by atoms with Gasteiger partial charge in [-0.05, 0) is 49.9 Å². The zero-order valence-corrected chi connectivity index (χ0v) is 17.7. The maximum absolute atomic E-state index is 12.6. The molecule has 1 unspecified atom stereocenters. The Morgan fingerprint density at radius 2 is 2.00 bits per heavy atom. The number of nitrogens with zero attached hydrogens (tertiary/aromatic N) is 3. The van der Waals surface area contributed by atoms with E-state index in [9.17, 15) is 4.79 Å². The molecule has 1 saturated carbocycles. The molecule has 1 amide bonds. The number of carbonyl (C=O) groups is 1. The Kier molecular flexibility index (Phi) is 7.58. The van der Waals surface area contributed by atoms with Gasteiger partial charge in [-0.2, -0.15) is 0 Å². The first-order chi connectivity index (χ1) is 14.1. The molecule has 0 spiro atoms. The summed E-state index contributed by atoms with van der Waals surface area (Å²) < 4.78 is 0. The van der Waals surface area contributed by atoms with Gasteiger partial charge >= 0.3 is 0 Å². The molecule has 0 saturated heterocycles. The van der Waals surface area contributed by atoms with Gasteiger partial charge in [-0.1, -0.05) is 31.2 Å². The number of rotatable bonds is 9. The van der Waals surface area contributed by atoms with Crippen LogP contribution in [0.2, 0.25) is 0 Å². The van der Waals surface area contributed by atoms with Crippen molar-refractivity contribution < 1.29 is 4.79 Å². The van der Waals surface area contributed by atoms with E-state index in [1.54, 1.807) is 6.08 Å². The van der Waals surface area contributed by atoms with Gasteiger partial charge in [0.1, 0.15) is 11.5 Å². The van der Waals surface area contributed by atoms with Gasteiger partial charge in [0.25, 0.3) is 5.91 Å². The fraction of sp³-hybridized carbons (Fsp3) is 0.522. The summed E-state index contributed by atoms with van der Waals surface area (Å²) >= 11 is 0. The molecule has 1 aromatic carbocycles. The fourth-order valence-electron chi connectivity index (χ4n) is 3.77. The van der Waals surface area contributed by atoms with Crippen molar-refractivity contribution in [3.63, 3.8) is 0 Å². The molecule has 156 valence electrons. The molecular weight excluding hydrogens is 362 g/mol. The Hall–Kier alpha value is -2.47. The van der Waals surface area contributed by atoms with Gasteiger partial charge in [0, 0.05) is 44.8 Å². The van der Waals surface area contributed by atoms with Gasteiger partial charge in [0.2, 0.25) is 0 Å². The number of carbonyl (C=O) groups excluding carboxylic acids is 1. The molecule has 0 aromatic heterocycles. The third-order valence-corrected chi connectivity index (χ3v) is 5.55. The molecule has 3 rings (SSSR count). The first kappa shape index (κ1) is 21.2. The summed E-state index contributed by atoms with van der Waals surface area (Å²) in [6.45, 7) is 11.9. The molecule has 1 atom stereocenters. The van der Waals surface area contributed by atoms with Crippen LogP contribution >= 0.6 is 0 Å². The molecule has 6 nitrogen and oxygen atoms in total. The van der Waals surface area contributed by atoms with Crippen LogP contribution in [-0.2, 0) is 17.9 Å². The molecule has 2 aliphatic rings. The molecule has 6 heteroatoms. The molecule has 1 aliphatic heterocycles. The van der Waals surface area contributed by atoms with Crippen LogP contribution in [0.3, 0.4) is 0 Å². The highest BCUT2D eigenvalue weighted by molar-refractivity contribution is 6.03. The number of aliphatic imine (C=N–C) groups is 2. The number of nitrogens with one attached hydrogen (secondary N) is 2. The lowest BCUT2D eigenvalue weighted by molar-refractivity contribution is -0.117. The summed E-state index contributed by atoms with van der Waals surface area (Å²) in [5.74, 6) is 0.865. The Labute approximate surface area is 174 Å². The van der Waals surface area contributed by atoms with Crippen molar-refractivity contribution in [2.24, 2.45) is 15.9 Å². The second-order valence-corrected chi connectivity index (χ2v) is 8.07. The molecule has 0 radical (unpaired) electrons. The molecule has 2 N–H and O–H groups in total. The predicted molar refractivity (Wildman–Crippen MR) is 119 cm³/mol. The zero-order valence-electron chi connectivity index (χ0n) is 17.7. The predicted octanol–water partition coefficient (Wildman–Crippen LogP) is 2.90. The normalized spacial score (nSPS) is 18.7. The first-order valence-electron chi connectivity index (χ1n) is 10.7. The van der Waals surface area contributed by atoms with Gasteiger partial charge in [-0.15, -0.1) is 0 Å². The monoisotopic (exact) mass is 395 g/mol. The summed E-state index contributed by atoms with van der Waals surface area (Å²) in [6, 6.07) is 9.04. The quantitative estimate of drug-likeness (QED) is 0.384. The van der Waals surface area contributed by atoms with Crippen LogP contribution in [0.5, 0.6) is 0 Å². The molecule has 1 aromatic rings. The lowest BCUT2D eigenvalue weighted by Crippen LogP contribution is -2.39. The van der Waals surface area contributed by atoms with Gasteiger partial charge in [-0.3, -0.25) is 19.7 Å². The topological polar surface area (TPSA) is 69.1 Å². The van der Waals surface area contributed by atoms with Crippen molar-refractivity contribution in [1.29, 1.82) is 0 Å². The van der Waals surface area contributed by atoms with Crippen LogP contribution in [0, 0.1) is 5.92 Å². The van der Waals surface area contributed by atoms with E-state index in [-0.39, 0.29) is 5.91 Å². The molecule has 1 aliphatic carbocycles. The highest BCUT2D eigenvalue weighted by Gasteiger charge is 2.21. The van der Waals surface area contributed by atoms with Crippen molar-refractivity contribution >= 4 is 18.5 Å². The van der Waals surface area contributed by atoms with Crippen molar-refractivity contribution in [1.82, 2.24) is 15.5 Å². The van der Waals surface area contributed by atoms with E-state index < -0.39 is 0 Å². The molecule has 1 fully saturated rings. The molecule has 1 heterocycles. The number of hydrogen-bond acceptors (Lipinski definition) is 4. The Morgan fingerprint density at radius 3 is 2.55 bits per heavy atom. The molecule has 0 bridgehead atoms. The van der Waals surface area contributed by atoms with Crippen molar-refractivity contribution in [3.8, 4) is 0 Å². The van der Waals surface area contributed by atoms with E-state index in [0.717, 1.165) is 38.3 Å². The van der Waals surface area contributed by atoms with Crippen LogP contribution in [0.15, 0.2) is 46.0 Å². The van der Waals surface area contributed by atoms with Gasteiger partial charge in [0.05, 0.1) is 0 Å². The minimum Gasteiger partial charge on any atom is -0.368 e. The third kappa shape index (κ3) is 6.00. The number of amides is 1. The SMILES string of the molecule is C=N/C(=C\C(=NCC)NC1CCC1)C(=O)NCC(C)CN1Cc2ccccc2C1. The van der Waals surface area contributed by atoms with Crippen molar-refractivity contribution in [2.45, 2.75) is 52.2 Å². The van der Waals surface area contributed by atoms with Crippen LogP contribution in [0.4, 0.5) is 0 Å². The second-order valence-electron chi connectivity index (χ2n) is 8.07.